The van der Waals surface area contributed by atoms with E-state index in [9.17, 15) is 18.4 Å². The molecule has 5 rings (SSSR count). The normalized spacial score (nSPS) is 14.6. The minimum absolute atomic E-state index is 0.0422. The highest BCUT2D eigenvalue weighted by Crippen LogP contribution is 2.33. The maximum absolute atomic E-state index is 13.1. The van der Waals surface area contributed by atoms with E-state index < -0.39 is 22.0 Å². The number of para-hydroxylation sites is 1. The number of benzene rings is 2. The summed E-state index contributed by atoms with van der Waals surface area (Å²) in [5.74, 6) is 0.169. The summed E-state index contributed by atoms with van der Waals surface area (Å²) in [6, 6.07) is 12.0. The van der Waals surface area contributed by atoms with Crippen LogP contribution in [0.4, 0.5) is 0 Å². The number of hydrogen-bond donors (Lipinski definition) is 4. The molecule has 8 nitrogen and oxygen atoms in total. The number of aryl methyl sites for hydroxylation is 3. The van der Waals surface area contributed by atoms with Gasteiger partial charge >= 0.3 is 0 Å². The molecule has 0 radical (unpaired) electrons. The second kappa shape index (κ2) is 11.1. The molecule has 0 aliphatic heterocycles. The number of H-pyrrole nitrogens is 1. The molecule has 2 heterocycles. The molecule has 1 aliphatic rings. The van der Waals surface area contributed by atoms with Crippen molar-refractivity contribution in [3.8, 4) is 0 Å². The number of amides is 1. The summed E-state index contributed by atoms with van der Waals surface area (Å²) in [5, 5.41) is 11.4. The van der Waals surface area contributed by atoms with Crippen LogP contribution in [0.5, 0.6) is 0 Å². The molecule has 0 saturated carbocycles. The van der Waals surface area contributed by atoms with Gasteiger partial charge in [-0.3, -0.25) is 10.0 Å². The standard InChI is InChI=1S/C28H33N3O5S/c32-28(30-33)25(13-4-2-1-3-9-19-18-29-24-12-7-5-10-21(19)24)31-37(34,35)20-15-16-23-22-11-6-8-14-26(22)36-27(23)17-20/h5,7,10,12,15-18,25,29,31,33H,1-4,6,8-9,11,13-14H2,(H,30,32). The maximum atomic E-state index is 13.1. The first kappa shape index (κ1) is 25.5. The van der Waals surface area contributed by atoms with Gasteiger partial charge in [-0.15, -0.1) is 0 Å². The minimum atomic E-state index is -3.99. The van der Waals surface area contributed by atoms with Crippen LogP contribution in [0.3, 0.4) is 0 Å². The first-order valence-electron chi connectivity index (χ1n) is 13.0. The summed E-state index contributed by atoms with van der Waals surface area (Å²) >= 11 is 0. The zero-order valence-corrected chi connectivity index (χ0v) is 21.6. The molecule has 37 heavy (non-hydrogen) atoms. The second-order valence-corrected chi connectivity index (χ2v) is 11.5. The molecule has 0 fully saturated rings. The van der Waals surface area contributed by atoms with Crippen molar-refractivity contribution in [3.05, 3.63) is 65.5 Å². The zero-order valence-electron chi connectivity index (χ0n) is 20.8. The molecule has 1 aliphatic carbocycles. The van der Waals surface area contributed by atoms with E-state index in [1.807, 2.05) is 12.1 Å². The van der Waals surface area contributed by atoms with E-state index in [2.05, 4.69) is 28.0 Å². The van der Waals surface area contributed by atoms with Crippen molar-refractivity contribution in [2.45, 2.75) is 75.1 Å². The van der Waals surface area contributed by atoms with Gasteiger partial charge in [-0.25, -0.2) is 13.9 Å². The van der Waals surface area contributed by atoms with Crippen LogP contribution >= 0.6 is 0 Å². The van der Waals surface area contributed by atoms with Crippen molar-refractivity contribution in [2.75, 3.05) is 0 Å². The Bertz CT molecular complexity index is 1500. The highest BCUT2D eigenvalue weighted by atomic mass is 32.2. The number of aromatic nitrogens is 1. The van der Waals surface area contributed by atoms with E-state index in [4.69, 9.17) is 4.42 Å². The van der Waals surface area contributed by atoms with Crippen LogP contribution in [-0.4, -0.2) is 30.6 Å². The number of hydroxylamine groups is 1. The van der Waals surface area contributed by atoms with Crippen molar-refractivity contribution in [3.63, 3.8) is 0 Å². The molecule has 1 atom stereocenters. The van der Waals surface area contributed by atoms with Gasteiger partial charge in [0, 0.05) is 40.5 Å². The molecule has 1 amide bonds. The lowest BCUT2D eigenvalue weighted by atomic mass is 9.96. The molecule has 2 aromatic carbocycles. The Labute approximate surface area is 216 Å². The minimum Gasteiger partial charge on any atom is -0.461 e. The van der Waals surface area contributed by atoms with E-state index >= 15 is 0 Å². The van der Waals surface area contributed by atoms with Crippen molar-refractivity contribution < 1.29 is 22.8 Å². The van der Waals surface area contributed by atoms with E-state index in [-0.39, 0.29) is 11.3 Å². The Hall–Kier alpha value is -3.14. The van der Waals surface area contributed by atoms with Gasteiger partial charge in [0.1, 0.15) is 17.4 Å². The molecule has 1 unspecified atom stereocenters. The van der Waals surface area contributed by atoms with Crippen LogP contribution in [0.1, 0.15) is 61.8 Å². The summed E-state index contributed by atoms with van der Waals surface area (Å²) in [4.78, 5) is 15.6. The summed E-state index contributed by atoms with van der Waals surface area (Å²) in [6.45, 7) is 0. The largest absolute Gasteiger partial charge is 0.461 e. The quantitative estimate of drug-likeness (QED) is 0.123. The predicted octanol–water partition coefficient (Wildman–Crippen LogP) is 5.14. The fourth-order valence-corrected chi connectivity index (χ4v) is 6.59. The third-order valence-corrected chi connectivity index (χ3v) is 8.80. The van der Waals surface area contributed by atoms with E-state index in [1.165, 1.54) is 22.6 Å². The zero-order chi connectivity index (χ0) is 25.8. The van der Waals surface area contributed by atoms with Crippen molar-refractivity contribution >= 4 is 37.8 Å². The van der Waals surface area contributed by atoms with Gasteiger partial charge in [0.25, 0.3) is 5.91 Å². The lowest BCUT2D eigenvalue weighted by Gasteiger charge is -2.17. The smallest absolute Gasteiger partial charge is 0.261 e. The Balaban J connectivity index is 1.17. The molecule has 4 aromatic rings. The van der Waals surface area contributed by atoms with Gasteiger partial charge in [0.2, 0.25) is 10.0 Å². The average Bonchev–Trinajstić information content (AvgIpc) is 3.50. The summed E-state index contributed by atoms with van der Waals surface area (Å²) < 4.78 is 34.6. The number of rotatable bonds is 11. The van der Waals surface area contributed by atoms with E-state index in [0.29, 0.717) is 12.0 Å². The molecule has 2 aromatic heterocycles. The van der Waals surface area contributed by atoms with Crippen LogP contribution in [0, 0.1) is 0 Å². The van der Waals surface area contributed by atoms with Crippen LogP contribution in [0.25, 0.3) is 21.9 Å². The third kappa shape index (κ3) is 5.58. The topological polar surface area (TPSA) is 124 Å². The van der Waals surface area contributed by atoms with Crippen LogP contribution in [-0.2, 0) is 34.1 Å². The number of carbonyl (C=O) groups excluding carboxylic acids is 1. The van der Waals surface area contributed by atoms with Gasteiger partial charge in [0.15, 0.2) is 0 Å². The average molecular weight is 524 g/mol. The highest BCUT2D eigenvalue weighted by molar-refractivity contribution is 7.89. The van der Waals surface area contributed by atoms with Gasteiger partial charge in [0.05, 0.1) is 4.90 Å². The Morgan fingerprint density at radius 3 is 2.70 bits per heavy atom. The molecule has 0 saturated heterocycles. The first-order chi connectivity index (χ1) is 18.0. The summed E-state index contributed by atoms with van der Waals surface area (Å²) in [7, 11) is -3.99. The number of fused-ring (bicyclic) bond motifs is 4. The molecule has 4 N–H and O–H groups in total. The number of sulfonamides is 1. The third-order valence-electron chi connectivity index (χ3n) is 7.33. The van der Waals surface area contributed by atoms with E-state index in [1.54, 1.807) is 17.6 Å². The van der Waals surface area contributed by atoms with Gasteiger partial charge < -0.3 is 9.40 Å². The SMILES string of the molecule is O=C(NO)C(CCCCCCc1c[nH]c2ccccc12)NS(=O)(=O)c1ccc2c3c(oc2c1)CCCC3. The van der Waals surface area contributed by atoms with Gasteiger partial charge in [-0.2, -0.15) is 4.72 Å². The Kier molecular flexibility index (Phi) is 7.64. The van der Waals surface area contributed by atoms with E-state index in [0.717, 1.165) is 68.0 Å². The second-order valence-electron chi connectivity index (χ2n) is 9.83. The van der Waals surface area contributed by atoms with Gasteiger partial charge in [-0.05, 0) is 62.3 Å². The number of unbranched alkanes of at least 4 members (excludes halogenated alkanes) is 3. The maximum Gasteiger partial charge on any atom is 0.261 e. The fraction of sp³-hybridized carbons (Fsp3) is 0.393. The van der Waals surface area contributed by atoms with Crippen molar-refractivity contribution in [1.29, 1.82) is 0 Å². The molecule has 9 heteroatoms. The monoisotopic (exact) mass is 523 g/mol. The molecule has 0 bridgehead atoms. The van der Waals surface area contributed by atoms with Crippen LogP contribution in [0.2, 0.25) is 0 Å². The van der Waals surface area contributed by atoms with Crippen LogP contribution < -0.4 is 10.2 Å². The Morgan fingerprint density at radius 1 is 1.03 bits per heavy atom. The van der Waals surface area contributed by atoms with Gasteiger partial charge in [-0.1, -0.05) is 37.5 Å². The molecular formula is C28H33N3O5S. The summed E-state index contributed by atoms with van der Waals surface area (Å²) in [6.07, 6.45) is 10.7. The first-order valence-corrected chi connectivity index (χ1v) is 14.5. The fourth-order valence-electron chi connectivity index (χ4n) is 5.34. The number of carbonyl (C=O) groups is 1. The number of hydrogen-bond acceptors (Lipinski definition) is 5. The summed E-state index contributed by atoms with van der Waals surface area (Å²) in [5.41, 5.74) is 5.74. The predicted molar refractivity (Wildman–Crippen MR) is 142 cm³/mol. The highest BCUT2D eigenvalue weighted by Gasteiger charge is 2.26. The Morgan fingerprint density at radius 2 is 1.84 bits per heavy atom. The number of aromatic amines is 1. The number of furan rings is 1. The molecule has 0 spiro atoms. The van der Waals surface area contributed by atoms with Crippen molar-refractivity contribution in [1.82, 2.24) is 15.2 Å². The van der Waals surface area contributed by atoms with Crippen LogP contribution in [0.15, 0.2) is 58.0 Å². The lowest BCUT2D eigenvalue weighted by Crippen LogP contribution is -2.45. The number of nitrogens with one attached hydrogen (secondary N) is 3. The van der Waals surface area contributed by atoms with Crippen molar-refractivity contribution in [2.24, 2.45) is 0 Å². The molecule has 196 valence electrons. The lowest BCUT2D eigenvalue weighted by molar-refractivity contribution is -0.131. The molecular weight excluding hydrogens is 490 g/mol.